The monoisotopic (exact) mass is 323 g/mol. The number of hydrogen-bond acceptors (Lipinski definition) is 6. The molecule has 1 aliphatic rings. The summed E-state index contributed by atoms with van der Waals surface area (Å²) >= 11 is 7.74. The Kier molecular flexibility index (Phi) is 4.55. The fraction of sp³-hybridized carbons (Fsp3) is 0.500. The predicted octanol–water partition coefficient (Wildman–Crippen LogP) is 3.50. The van der Waals surface area contributed by atoms with Crippen LogP contribution in [0.1, 0.15) is 30.4 Å². The molecule has 112 valence electrons. The van der Waals surface area contributed by atoms with Gasteiger partial charge in [-0.15, -0.1) is 0 Å². The van der Waals surface area contributed by atoms with Crippen LogP contribution in [0.2, 0.25) is 5.28 Å². The fourth-order valence-electron chi connectivity index (χ4n) is 2.40. The molecule has 1 aliphatic heterocycles. The summed E-state index contributed by atoms with van der Waals surface area (Å²) < 4.78 is 0. The number of nitrogens with one attached hydrogen (secondary N) is 1. The quantitative estimate of drug-likeness (QED) is 0.933. The maximum atomic E-state index is 6.03. The Hall–Kier alpha value is -1.40. The number of aryl methyl sites for hydroxylation is 1. The number of aromatic nitrogens is 3. The Morgan fingerprint density at radius 2 is 2.00 bits per heavy atom. The third-order valence-electron chi connectivity index (χ3n) is 3.63. The molecule has 3 rings (SSSR count). The highest BCUT2D eigenvalue weighted by atomic mass is 35.5. The molecule has 1 fully saturated rings. The van der Waals surface area contributed by atoms with Crippen LogP contribution < -0.4 is 10.2 Å². The van der Waals surface area contributed by atoms with Gasteiger partial charge in [-0.3, -0.25) is 0 Å². The Bertz CT molecular complexity index is 609. The third kappa shape index (κ3) is 3.63. The van der Waals surface area contributed by atoms with Crippen molar-refractivity contribution in [3.63, 3.8) is 0 Å². The van der Waals surface area contributed by atoms with Crippen LogP contribution in [0.25, 0.3) is 0 Å². The highest BCUT2D eigenvalue weighted by Gasteiger charge is 2.15. The van der Waals surface area contributed by atoms with Crippen LogP contribution in [0.15, 0.2) is 10.8 Å². The molecule has 1 N–H and O–H groups in total. The van der Waals surface area contributed by atoms with Gasteiger partial charge in [0.25, 0.3) is 0 Å². The zero-order valence-corrected chi connectivity index (χ0v) is 13.5. The average molecular weight is 324 g/mol. The van der Waals surface area contributed by atoms with Gasteiger partial charge in [0.1, 0.15) is 0 Å². The highest BCUT2D eigenvalue weighted by molar-refractivity contribution is 7.08. The molecule has 0 spiro atoms. The zero-order valence-electron chi connectivity index (χ0n) is 12.0. The second-order valence-electron chi connectivity index (χ2n) is 5.21. The molecule has 2 aromatic heterocycles. The van der Waals surface area contributed by atoms with Crippen molar-refractivity contribution in [2.24, 2.45) is 0 Å². The van der Waals surface area contributed by atoms with Crippen molar-refractivity contribution in [1.82, 2.24) is 15.0 Å². The van der Waals surface area contributed by atoms with E-state index in [2.05, 4.69) is 42.9 Å². The number of hydrogen-bond donors (Lipinski definition) is 1. The molecule has 1 saturated heterocycles. The molecule has 0 aliphatic carbocycles. The Labute approximate surface area is 133 Å². The molecule has 3 heterocycles. The summed E-state index contributed by atoms with van der Waals surface area (Å²) in [5, 5.41) is 7.76. The molecule has 0 unspecified atom stereocenters. The van der Waals surface area contributed by atoms with Gasteiger partial charge >= 0.3 is 0 Å². The predicted molar refractivity (Wildman–Crippen MR) is 87.3 cm³/mol. The molecule has 0 saturated carbocycles. The van der Waals surface area contributed by atoms with Crippen LogP contribution in [0.4, 0.5) is 11.9 Å². The number of rotatable bonds is 4. The van der Waals surface area contributed by atoms with Crippen LogP contribution in [0.5, 0.6) is 0 Å². The molecule has 7 heteroatoms. The van der Waals surface area contributed by atoms with Crippen LogP contribution in [0, 0.1) is 6.92 Å². The molecular formula is C14H18ClN5S. The van der Waals surface area contributed by atoms with Gasteiger partial charge in [-0.1, -0.05) is 0 Å². The van der Waals surface area contributed by atoms with E-state index >= 15 is 0 Å². The van der Waals surface area contributed by atoms with E-state index in [1.54, 1.807) is 11.3 Å². The first-order chi connectivity index (χ1) is 10.2. The maximum absolute atomic E-state index is 6.03. The summed E-state index contributed by atoms with van der Waals surface area (Å²) in [7, 11) is 0. The summed E-state index contributed by atoms with van der Waals surface area (Å²) in [6.07, 6.45) is 3.64. The lowest BCUT2D eigenvalue weighted by atomic mass is 10.1. The standard InChI is InChI=1S/C14H18ClN5S/c1-10-8-21-9-11(10)7-16-13-17-12(15)18-14(19-13)20-5-3-2-4-6-20/h8-9H,2-7H2,1H3,(H,16,17,18,19). The molecule has 2 aromatic rings. The fourth-order valence-corrected chi connectivity index (χ4v) is 3.41. The zero-order chi connectivity index (χ0) is 14.7. The van der Waals surface area contributed by atoms with Crippen LogP contribution in [-0.4, -0.2) is 28.0 Å². The summed E-state index contributed by atoms with van der Waals surface area (Å²) in [6.45, 7) is 4.79. The number of halogens is 1. The minimum atomic E-state index is 0.245. The van der Waals surface area contributed by atoms with E-state index in [1.165, 1.54) is 30.4 Å². The normalized spacial score (nSPS) is 15.2. The van der Waals surface area contributed by atoms with Crippen molar-refractivity contribution < 1.29 is 0 Å². The van der Waals surface area contributed by atoms with Crippen LogP contribution in [-0.2, 0) is 6.54 Å². The SMILES string of the molecule is Cc1cscc1CNc1nc(Cl)nc(N2CCCCC2)n1. The number of piperidine rings is 1. The van der Waals surface area contributed by atoms with Gasteiger partial charge < -0.3 is 10.2 Å². The third-order valence-corrected chi connectivity index (χ3v) is 4.71. The second-order valence-corrected chi connectivity index (χ2v) is 6.29. The van der Waals surface area contributed by atoms with E-state index in [-0.39, 0.29) is 5.28 Å². The Balaban J connectivity index is 1.73. The van der Waals surface area contributed by atoms with E-state index in [9.17, 15) is 0 Å². The summed E-state index contributed by atoms with van der Waals surface area (Å²) in [6, 6.07) is 0. The van der Waals surface area contributed by atoms with Gasteiger partial charge in [-0.05, 0) is 59.7 Å². The van der Waals surface area contributed by atoms with E-state index in [1.807, 2.05) is 0 Å². The molecule has 0 atom stereocenters. The van der Waals surface area contributed by atoms with Gasteiger partial charge in [0.15, 0.2) is 0 Å². The molecule has 0 aromatic carbocycles. The van der Waals surface area contributed by atoms with Crippen molar-refractivity contribution in [1.29, 1.82) is 0 Å². The summed E-state index contributed by atoms with van der Waals surface area (Å²) in [4.78, 5) is 15.1. The van der Waals surface area contributed by atoms with Gasteiger partial charge in [-0.2, -0.15) is 26.3 Å². The first-order valence-corrected chi connectivity index (χ1v) is 8.46. The highest BCUT2D eigenvalue weighted by Crippen LogP contribution is 2.19. The van der Waals surface area contributed by atoms with E-state index in [0.717, 1.165) is 13.1 Å². The lowest BCUT2D eigenvalue weighted by molar-refractivity contribution is 0.567. The van der Waals surface area contributed by atoms with Crippen LogP contribution in [0.3, 0.4) is 0 Å². The smallest absolute Gasteiger partial charge is 0.231 e. The van der Waals surface area contributed by atoms with Crippen molar-refractivity contribution in [3.05, 3.63) is 27.2 Å². The molecule has 0 bridgehead atoms. The van der Waals surface area contributed by atoms with Crippen molar-refractivity contribution in [3.8, 4) is 0 Å². The van der Waals surface area contributed by atoms with Crippen molar-refractivity contribution in [2.75, 3.05) is 23.3 Å². The van der Waals surface area contributed by atoms with Gasteiger partial charge in [-0.25, -0.2) is 0 Å². The minimum Gasteiger partial charge on any atom is -0.350 e. The number of nitrogens with zero attached hydrogens (tertiary/aromatic N) is 4. The Morgan fingerprint density at radius 1 is 1.19 bits per heavy atom. The minimum absolute atomic E-state index is 0.245. The molecule has 0 radical (unpaired) electrons. The second kappa shape index (κ2) is 6.58. The van der Waals surface area contributed by atoms with E-state index < -0.39 is 0 Å². The van der Waals surface area contributed by atoms with Gasteiger partial charge in [0, 0.05) is 19.6 Å². The molecule has 5 nitrogen and oxygen atoms in total. The number of thiophene rings is 1. The average Bonchev–Trinajstić information content (AvgIpc) is 2.91. The van der Waals surface area contributed by atoms with Crippen molar-refractivity contribution in [2.45, 2.75) is 32.7 Å². The lowest BCUT2D eigenvalue weighted by Crippen LogP contribution is -2.31. The van der Waals surface area contributed by atoms with Crippen molar-refractivity contribution >= 4 is 34.8 Å². The van der Waals surface area contributed by atoms with Crippen LogP contribution >= 0.6 is 22.9 Å². The molecule has 0 amide bonds. The maximum Gasteiger partial charge on any atom is 0.231 e. The number of anilines is 2. The Morgan fingerprint density at radius 3 is 2.71 bits per heavy atom. The summed E-state index contributed by atoms with van der Waals surface area (Å²) in [5.74, 6) is 1.22. The largest absolute Gasteiger partial charge is 0.350 e. The van der Waals surface area contributed by atoms with Gasteiger partial charge in [0.2, 0.25) is 17.2 Å². The topological polar surface area (TPSA) is 53.9 Å². The first kappa shape index (κ1) is 14.5. The molecular weight excluding hydrogens is 306 g/mol. The first-order valence-electron chi connectivity index (χ1n) is 7.14. The lowest BCUT2D eigenvalue weighted by Gasteiger charge is -2.26. The van der Waals surface area contributed by atoms with Gasteiger partial charge in [0.05, 0.1) is 0 Å². The van der Waals surface area contributed by atoms with E-state index in [0.29, 0.717) is 18.4 Å². The molecule has 21 heavy (non-hydrogen) atoms. The van der Waals surface area contributed by atoms with E-state index in [4.69, 9.17) is 11.6 Å². The summed E-state index contributed by atoms with van der Waals surface area (Å²) in [5.41, 5.74) is 2.54.